The molecule has 9 heteroatoms. The van der Waals surface area contributed by atoms with E-state index in [9.17, 15) is 18.5 Å². The van der Waals surface area contributed by atoms with Gasteiger partial charge in [-0.15, -0.1) is 0 Å². The Kier molecular flexibility index (Phi) is 6.75. The van der Waals surface area contributed by atoms with Crippen LogP contribution in [0.15, 0.2) is 47.4 Å². The molecule has 0 aromatic heterocycles. The lowest BCUT2D eigenvalue weighted by molar-refractivity contribution is -0.384. The summed E-state index contributed by atoms with van der Waals surface area (Å²) in [5.41, 5.74) is 1.18. The van der Waals surface area contributed by atoms with Crippen LogP contribution in [0.5, 0.6) is 0 Å². The fourth-order valence-corrected chi connectivity index (χ4v) is 3.63. The first-order valence-corrected chi connectivity index (χ1v) is 9.96. The van der Waals surface area contributed by atoms with Crippen molar-refractivity contribution in [3.63, 3.8) is 0 Å². The molecular weight excluding hydrogens is 370 g/mol. The zero-order chi connectivity index (χ0) is 20.0. The standard InChI is InChI=1S/C18H23N3O5S/c1-13(2)11-14-3-6-16(7-4-14)27(25,26)20-18-12-15(21(23)24)5-8-17(18)19-9-10-22/h3-8,12-13,19-20,22H,9-11H2,1-2H3. The molecule has 0 amide bonds. The number of rotatable bonds is 9. The second-order valence-electron chi connectivity index (χ2n) is 6.48. The Morgan fingerprint density at radius 1 is 1.11 bits per heavy atom. The quantitative estimate of drug-likeness (QED) is 0.445. The number of nitrogens with one attached hydrogen (secondary N) is 2. The second-order valence-corrected chi connectivity index (χ2v) is 8.17. The molecule has 0 heterocycles. The van der Waals surface area contributed by atoms with Gasteiger partial charge in [0.25, 0.3) is 15.7 Å². The van der Waals surface area contributed by atoms with Gasteiger partial charge in [0.15, 0.2) is 0 Å². The number of sulfonamides is 1. The maximum Gasteiger partial charge on any atom is 0.271 e. The van der Waals surface area contributed by atoms with Crippen molar-refractivity contribution in [1.29, 1.82) is 0 Å². The van der Waals surface area contributed by atoms with Gasteiger partial charge in [0.05, 0.1) is 27.8 Å². The van der Waals surface area contributed by atoms with Crippen LogP contribution in [0.25, 0.3) is 0 Å². The van der Waals surface area contributed by atoms with E-state index in [4.69, 9.17) is 5.11 Å². The zero-order valence-electron chi connectivity index (χ0n) is 15.2. The first kappa shape index (κ1) is 20.7. The summed E-state index contributed by atoms with van der Waals surface area (Å²) in [4.78, 5) is 10.5. The van der Waals surface area contributed by atoms with Crippen molar-refractivity contribution in [1.82, 2.24) is 0 Å². The molecule has 0 aliphatic carbocycles. The van der Waals surface area contributed by atoms with Crippen LogP contribution in [0.2, 0.25) is 0 Å². The molecule has 2 rings (SSSR count). The number of aliphatic hydroxyl groups excluding tert-OH is 1. The molecule has 27 heavy (non-hydrogen) atoms. The first-order valence-electron chi connectivity index (χ1n) is 8.48. The summed E-state index contributed by atoms with van der Waals surface area (Å²) in [5.74, 6) is 0.454. The minimum Gasteiger partial charge on any atom is -0.395 e. The lowest BCUT2D eigenvalue weighted by atomic mass is 10.0. The molecule has 0 saturated carbocycles. The number of aliphatic hydroxyl groups is 1. The van der Waals surface area contributed by atoms with Gasteiger partial charge in [-0.25, -0.2) is 8.42 Å². The van der Waals surface area contributed by atoms with Crippen molar-refractivity contribution < 1.29 is 18.4 Å². The Bertz CT molecular complexity index is 896. The van der Waals surface area contributed by atoms with Crippen LogP contribution in [0.3, 0.4) is 0 Å². The van der Waals surface area contributed by atoms with Gasteiger partial charge in [-0.3, -0.25) is 14.8 Å². The molecule has 8 nitrogen and oxygen atoms in total. The van der Waals surface area contributed by atoms with Gasteiger partial charge in [-0.05, 0) is 36.1 Å². The highest BCUT2D eigenvalue weighted by atomic mass is 32.2. The van der Waals surface area contributed by atoms with Gasteiger partial charge in [-0.2, -0.15) is 0 Å². The van der Waals surface area contributed by atoms with Gasteiger partial charge in [0.1, 0.15) is 0 Å². The lowest BCUT2D eigenvalue weighted by Gasteiger charge is -2.14. The normalized spacial score (nSPS) is 11.4. The highest BCUT2D eigenvalue weighted by Gasteiger charge is 2.19. The monoisotopic (exact) mass is 393 g/mol. The number of hydrogen-bond acceptors (Lipinski definition) is 6. The van der Waals surface area contributed by atoms with E-state index < -0.39 is 14.9 Å². The predicted octanol–water partition coefficient (Wildman–Crippen LogP) is 3.00. The Morgan fingerprint density at radius 2 is 1.78 bits per heavy atom. The molecule has 0 unspecified atom stereocenters. The highest BCUT2D eigenvalue weighted by molar-refractivity contribution is 7.92. The first-order chi connectivity index (χ1) is 12.7. The molecule has 0 bridgehead atoms. The molecule has 0 aliphatic heterocycles. The fourth-order valence-electron chi connectivity index (χ4n) is 2.55. The zero-order valence-corrected chi connectivity index (χ0v) is 16.0. The van der Waals surface area contributed by atoms with Crippen LogP contribution in [0.4, 0.5) is 17.1 Å². The number of non-ortho nitro benzene ring substituents is 1. The van der Waals surface area contributed by atoms with E-state index in [1.54, 1.807) is 12.1 Å². The smallest absolute Gasteiger partial charge is 0.271 e. The van der Waals surface area contributed by atoms with Crippen LogP contribution in [0.1, 0.15) is 19.4 Å². The molecule has 0 saturated heterocycles. The summed E-state index contributed by atoms with van der Waals surface area (Å²) < 4.78 is 27.8. The number of nitrogens with zero attached hydrogens (tertiary/aromatic N) is 1. The summed E-state index contributed by atoms with van der Waals surface area (Å²) in [6.45, 7) is 4.17. The maximum absolute atomic E-state index is 12.7. The molecule has 146 valence electrons. The van der Waals surface area contributed by atoms with Crippen molar-refractivity contribution in [3.05, 3.63) is 58.1 Å². The van der Waals surface area contributed by atoms with E-state index in [0.717, 1.165) is 18.1 Å². The van der Waals surface area contributed by atoms with E-state index in [1.807, 2.05) is 0 Å². The minimum absolute atomic E-state index is 0.0453. The van der Waals surface area contributed by atoms with Crippen molar-refractivity contribution in [2.75, 3.05) is 23.2 Å². The third-order valence-electron chi connectivity index (χ3n) is 3.76. The molecule has 0 radical (unpaired) electrons. The van der Waals surface area contributed by atoms with Crippen LogP contribution in [-0.2, 0) is 16.4 Å². The molecule has 3 N–H and O–H groups in total. The lowest BCUT2D eigenvalue weighted by Crippen LogP contribution is -2.15. The topological polar surface area (TPSA) is 122 Å². The van der Waals surface area contributed by atoms with Gasteiger partial charge < -0.3 is 10.4 Å². The molecule has 0 aliphatic rings. The molecule has 0 atom stereocenters. The average Bonchev–Trinajstić information content (AvgIpc) is 2.60. The second kappa shape index (κ2) is 8.83. The number of nitro benzene ring substituents is 1. The number of nitro groups is 1. The molecule has 0 spiro atoms. The Hall–Kier alpha value is -2.65. The van der Waals surface area contributed by atoms with Gasteiger partial charge in [0.2, 0.25) is 0 Å². The third kappa shape index (κ3) is 5.66. The Balaban J connectivity index is 2.32. The summed E-state index contributed by atoms with van der Waals surface area (Å²) in [7, 11) is -3.92. The summed E-state index contributed by atoms with van der Waals surface area (Å²) in [6.07, 6.45) is 0.841. The maximum atomic E-state index is 12.7. The van der Waals surface area contributed by atoms with Crippen molar-refractivity contribution in [2.45, 2.75) is 25.2 Å². The van der Waals surface area contributed by atoms with Crippen molar-refractivity contribution in [3.8, 4) is 0 Å². The largest absolute Gasteiger partial charge is 0.395 e. The molecule has 2 aromatic carbocycles. The van der Waals surface area contributed by atoms with E-state index in [1.165, 1.54) is 24.3 Å². The molecular formula is C18H23N3O5S. The summed E-state index contributed by atoms with van der Waals surface area (Å²) >= 11 is 0. The van der Waals surface area contributed by atoms with E-state index in [-0.39, 0.29) is 29.4 Å². The van der Waals surface area contributed by atoms with Crippen LogP contribution in [0, 0.1) is 16.0 Å². The van der Waals surface area contributed by atoms with E-state index in [2.05, 4.69) is 23.9 Å². The van der Waals surface area contributed by atoms with E-state index in [0.29, 0.717) is 11.6 Å². The number of benzene rings is 2. The fraction of sp³-hybridized carbons (Fsp3) is 0.333. The van der Waals surface area contributed by atoms with Gasteiger partial charge in [0, 0.05) is 18.7 Å². The van der Waals surface area contributed by atoms with Crippen LogP contribution >= 0.6 is 0 Å². The van der Waals surface area contributed by atoms with Gasteiger partial charge in [-0.1, -0.05) is 26.0 Å². The average molecular weight is 393 g/mol. The predicted molar refractivity (Wildman–Crippen MR) is 104 cm³/mol. The van der Waals surface area contributed by atoms with Crippen molar-refractivity contribution in [2.24, 2.45) is 5.92 Å². The SMILES string of the molecule is CC(C)Cc1ccc(S(=O)(=O)Nc2cc([N+](=O)[O-])ccc2NCCO)cc1. The van der Waals surface area contributed by atoms with Crippen molar-refractivity contribution >= 4 is 27.1 Å². The summed E-state index contributed by atoms with van der Waals surface area (Å²) in [6, 6.07) is 10.3. The van der Waals surface area contributed by atoms with E-state index >= 15 is 0 Å². The Labute approximate surface area is 158 Å². The third-order valence-corrected chi connectivity index (χ3v) is 5.14. The Morgan fingerprint density at radius 3 is 2.33 bits per heavy atom. The summed E-state index contributed by atoms with van der Waals surface area (Å²) in [5, 5.41) is 22.8. The number of anilines is 2. The number of hydrogen-bond donors (Lipinski definition) is 3. The van der Waals surface area contributed by atoms with Crippen LogP contribution < -0.4 is 10.0 Å². The van der Waals surface area contributed by atoms with Gasteiger partial charge >= 0.3 is 0 Å². The highest BCUT2D eigenvalue weighted by Crippen LogP contribution is 2.29. The minimum atomic E-state index is -3.92. The molecule has 2 aromatic rings. The molecule has 0 fully saturated rings. The van der Waals surface area contributed by atoms with Crippen LogP contribution in [-0.4, -0.2) is 31.6 Å².